The zero-order valence-corrected chi connectivity index (χ0v) is 12.3. The molecule has 0 heterocycles. The summed E-state index contributed by atoms with van der Waals surface area (Å²) in [4.78, 5) is 0. The first kappa shape index (κ1) is 14.5. The average molecular weight is 262 g/mol. The Bertz CT molecular complexity index is 390. The average Bonchev–Trinajstić information content (AvgIpc) is 2.37. The number of hydrazine groups is 1. The summed E-state index contributed by atoms with van der Waals surface area (Å²) in [5, 5.41) is 0. The van der Waals surface area contributed by atoms with Gasteiger partial charge in [-0.3, -0.25) is 11.3 Å². The highest BCUT2D eigenvalue weighted by atomic mass is 16.5. The molecular formula is C16H26N2O. The van der Waals surface area contributed by atoms with E-state index in [0.717, 1.165) is 19.3 Å². The number of hydrogen-bond acceptors (Lipinski definition) is 3. The molecule has 0 bridgehead atoms. The van der Waals surface area contributed by atoms with Crippen molar-refractivity contribution in [1.82, 2.24) is 5.43 Å². The number of nitrogens with two attached hydrogens (primary N) is 1. The second-order valence-corrected chi connectivity index (χ2v) is 5.94. The number of rotatable bonds is 6. The van der Waals surface area contributed by atoms with E-state index >= 15 is 0 Å². The molecule has 1 aromatic carbocycles. The van der Waals surface area contributed by atoms with Crippen LogP contribution in [0.3, 0.4) is 0 Å². The van der Waals surface area contributed by atoms with Crippen LogP contribution in [0.15, 0.2) is 24.3 Å². The smallest absolute Gasteiger partial charge is 0.0847 e. The molecule has 0 aliphatic heterocycles. The fourth-order valence-electron chi connectivity index (χ4n) is 2.89. The summed E-state index contributed by atoms with van der Waals surface area (Å²) in [7, 11) is 1.80. The lowest BCUT2D eigenvalue weighted by Crippen LogP contribution is -2.59. The van der Waals surface area contributed by atoms with Gasteiger partial charge < -0.3 is 4.74 Å². The van der Waals surface area contributed by atoms with E-state index in [4.69, 9.17) is 10.6 Å². The van der Waals surface area contributed by atoms with Crippen LogP contribution in [0.4, 0.5) is 0 Å². The SMILES string of the molecule is COC1(C(Cc2ccc(C(C)C)cc2)NN)CCC1. The van der Waals surface area contributed by atoms with Gasteiger partial charge in [0.15, 0.2) is 0 Å². The molecule has 3 N–H and O–H groups in total. The fraction of sp³-hybridized carbons (Fsp3) is 0.625. The van der Waals surface area contributed by atoms with Gasteiger partial charge in [-0.25, -0.2) is 0 Å². The molecule has 0 aromatic heterocycles. The second kappa shape index (κ2) is 6.04. The van der Waals surface area contributed by atoms with Crippen molar-refractivity contribution in [2.75, 3.05) is 7.11 Å². The molecule has 1 aromatic rings. The van der Waals surface area contributed by atoms with Crippen molar-refractivity contribution >= 4 is 0 Å². The summed E-state index contributed by atoms with van der Waals surface area (Å²) in [6, 6.07) is 9.04. The normalized spacial score (nSPS) is 19.2. The lowest BCUT2D eigenvalue weighted by Gasteiger charge is -2.46. The summed E-state index contributed by atoms with van der Waals surface area (Å²) >= 11 is 0. The van der Waals surface area contributed by atoms with Gasteiger partial charge in [0.05, 0.1) is 11.6 Å². The molecule has 1 aliphatic rings. The van der Waals surface area contributed by atoms with Crippen molar-refractivity contribution in [1.29, 1.82) is 0 Å². The monoisotopic (exact) mass is 262 g/mol. The Hall–Kier alpha value is -0.900. The molecule has 1 fully saturated rings. The van der Waals surface area contributed by atoms with E-state index in [1.807, 2.05) is 0 Å². The third-order valence-corrected chi connectivity index (χ3v) is 4.53. The van der Waals surface area contributed by atoms with Crippen molar-refractivity contribution in [3.05, 3.63) is 35.4 Å². The number of ether oxygens (including phenoxy) is 1. The minimum Gasteiger partial charge on any atom is -0.377 e. The van der Waals surface area contributed by atoms with Crippen LogP contribution in [-0.4, -0.2) is 18.8 Å². The minimum atomic E-state index is -0.0640. The number of hydrogen-bond donors (Lipinski definition) is 2. The number of nitrogens with one attached hydrogen (secondary N) is 1. The topological polar surface area (TPSA) is 47.3 Å². The van der Waals surface area contributed by atoms with Gasteiger partial charge in [0.2, 0.25) is 0 Å². The van der Waals surface area contributed by atoms with Crippen LogP contribution in [0.25, 0.3) is 0 Å². The maximum absolute atomic E-state index is 5.74. The predicted octanol–water partition coefficient (Wildman–Crippen LogP) is 2.75. The third-order valence-electron chi connectivity index (χ3n) is 4.53. The zero-order valence-electron chi connectivity index (χ0n) is 12.3. The van der Waals surface area contributed by atoms with Crippen molar-refractivity contribution in [3.63, 3.8) is 0 Å². The molecule has 19 heavy (non-hydrogen) atoms. The van der Waals surface area contributed by atoms with E-state index in [1.165, 1.54) is 17.5 Å². The van der Waals surface area contributed by atoms with Crippen LogP contribution in [0, 0.1) is 0 Å². The summed E-state index contributed by atoms with van der Waals surface area (Å²) < 4.78 is 5.72. The molecule has 1 atom stereocenters. The molecule has 0 saturated heterocycles. The van der Waals surface area contributed by atoms with E-state index < -0.39 is 0 Å². The Balaban J connectivity index is 2.06. The van der Waals surface area contributed by atoms with E-state index in [9.17, 15) is 0 Å². The highest BCUT2D eigenvalue weighted by Gasteiger charge is 2.43. The van der Waals surface area contributed by atoms with Crippen molar-refractivity contribution < 1.29 is 4.74 Å². The Labute approximate surface area is 116 Å². The Morgan fingerprint density at radius 2 is 1.89 bits per heavy atom. The summed E-state index contributed by atoms with van der Waals surface area (Å²) in [5.74, 6) is 6.32. The highest BCUT2D eigenvalue weighted by Crippen LogP contribution is 2.39. The standard InChI is InChI=1S/C16H26N2O/c1-12(2)14-7-5-13(6-8-14)11-15(18-17)16(19-3)9-4-10-16/h5-8,12,15,18H,4,9-11,17H2,1-3H3. The van der Waals surface area contributed by atoms with Gasteiger partial charge in [0.1, 0.15) is 0 Å². The van der Waals surface area contributed by atoms with Gasteiger partial charge in [0, 0.05) is 7.11 Å². The van der Waals surface area contributed by atoms with Crippen LogP contribution < -0.4 is 11.3 Å². The Morgan fingerprint density at radius 3 is 2.26 bits per heavy atom. The molecule has 3 heteroatoms. The molecule has 3 nitrogen and oxygen atoms in total. The van der Waals surface area contributed by atoms with Gasteiger partial charge in [-0.15, -0.1) is 0 Å². The maximum Gasteiger partial charge on any atom is 0.0847 e. The van der Waals surface area contributed by atoms with E-state index in [0.29, 0.717) is 5.92 Å². The van der Waals surface area contributed by atoms with E-state index in [1.54, 1.807) is 7.11 Å². The summed E-state index contributed by atoms with van der Waals surface area (Å²) in [6.07, 6.45) is 4.35. The second-order valence-electron chi connectivity index (χ2n) is 5.94. The third kappa shape index (κ3) is 2.99. The van der Waals surface area contributed by atoms with Gasteiger partial charge in [-0.05, 0) is 42.7 Å². The predicted molar refractivity (Wildman–Crippen MR) is 78.9 cm³/mol. The van der Waals surface area contributed by atoms with Gasteiger partial charge in [-0.2, -0.15) is 0 Å². The van der Waals surface area contributed by atoms with Crippen LogP contribution in [0.1, 0.15) is 50.2 Å². The summed E-state index contributed by atoms with van der Waals surface area (Å²) in [5.41, 5.74) is 5.59. The molecule has 1 aliphatic carbocycles. The van der Waals surface area contributed by atoms with Crippen LogP contribution in [0.2, 0.25) is 0 Å². The Kier molecular flexibility index (Phi) is 4.61. The lowest BCUT2D eigenvalue weighted by molar-refractivity contribution is -0.0982. The largest absolute Gasteiger partial charge is 0.377 e. The Morgan fingerprint density at radius 1 is 1.26 bits per heavy atom. The molecule has 1 unspecified atom stereocenters. The number of methoxy groups -OCH3 is 1. The van der Waals surface area contributed by atoms with Crippen LogP contribution in [-0.2, 0) is 11.2 Å². The highest BCUT2D eigenvalue weighted by molar-refractivity contribution is 5.26. The molecule has 106 valence electrons. The van der Waals surface area contributed by atoms with E-state index in [-0.39, 0.29) is 11.6 Å². The molecular weight excluding hydrogens is 236 g/mol. The maximum atomic E-state index is 5.74. The quantitative estimate of drug-likeness (QED) is 0.612. The van der Waals surface area contributed by atoms with Crippen LogP contribution >= 0.6 is 0 Å². The molecule has 0 spiro atoms. The zero-order chi connectivity index (χ0) is 13.9. The first-order chi connectivity index (χ1) is 9.11. The number of benzene rings is 1. The minimum absolute atomic E-state index is 0.0640. The molecule has 0 radical (unpaired) electrons. The first-order valence-corrected chi connectivity index (χ1v) is 7.21. The molecule has 1 saturated carbocycles. The lowest BCUT2D eigenvalue weighted by atomic mass is 9.73. The van der Waals surface area contributed by atoms with Gasteiger partial charge in [-0.1, -0.05) is 38.1 Å². The molecule has 2 rings (SSSR count). The van der Waals surface area contributed by atoms with Crippen molar-refractivity contribution in [2.45, 2.75) is 57.1 Å². The van der Waals surface area contributed by atoms with Crippen molar-refractivity contribution in [2.24, 2.45) is 5.84 Å². The molecule has 0 amide bonds. The fourth-order valence-corrected chi connectivity index (χ4v) is 2.89. The summed E-state index contributed by atoms with van der Waals surface area (Å²) in [6.45, 7) is 4.43. The van der Waals surface area contributed by atoms with Crippen molar-refractivity contribution in [3.8, 4) is 0 Å². The van der Waals surface area contributed by atoms with E-state index in [2.05, 4.69) is 43.5 Å². The first-order valence-electron chi connectivity index (χ1n) is 7.21. The van der Waals surface area contributed by atoms with Crippen LogP contribution in [0.5, 0.6) is 0 Å². The van der Waals surface area contributed by atoms with Gasteiger partial charge >= 0.3 is 0 Å². The van der Waals surface area contributed by atoms with Gasteiger partial charge in [0.25, 0.3) is 0 Å².